The van der Waals surface area contributed by atoms with Crippen LogP contribution in [0.4, 0.5) is 8.78 Å². The van der Waals surface area contributed by atoms with Gasteiger partial charge in [0.25, 0.3) is 0 Å². The maximum absolute atomic E-state index is 13.2. The lowest BCUT2D eigenvalue weighted by Gasteiger charge is -2.13. The number of halogens is 3. The Kier molecular flexibility index (Phi) is 5.51. The Morgan fingerprint density at radius 3 is 2.14 bits per heavy atom. The quantitative estimate of drug-likeness (QED) is 0.565. The summed E-state index contributed by atoms with van der Waals surface area (Å²) in [5.41, 5.74) is 3.25. The number of benzene rings is 2. The summed E-state index contributed by atoms with van der Waals surface area (Å²) in [6.07, 6.45) is 1.74. The Morgan fingerprint density at radius 1 is 0.952 bits per heavy atom. The monoisotopic (exact) mass is 352 g/mol. The zero-order chi connectivity index (χ0) is 15.4. The predicted molar refractivity (Wildman–Crippen MR) is 86.9 cm³/mol. The minimum absolute atomic E-state index is 0.0911. The summed E-state index contributed by atoms with van der Waals surface area (Å²) < 4.78 is 26.1. The minimum atomic E-state index is -0.803. The molecule has 0 aliphatic rings. The van der Waals surface area contributed by atoms with Gasteiger partial charge in [0, 0.05) is 4.83 Å². The third kappa shape index (κ3) is 4.13. The molecule has 0 N–H and O–H groups in total. The van der Waals surface area contributed by atoms with Crippen LogP contribution in [-0.2, 0) is 6.42 Å². The van der Waals surface area contributed by atoms with Crippen molar-refractivity contribution in [1.29, 1.82) is 0 Å². The average Bonchev–Trinajstić information content (AvgIpc) is 2.50. The second kappa shape index (κ2) is 7.17. The van der Waals surface area contributed by atoms with Crippen LogP contribution in [0.2, 0.25) is 0 Å². The van der Waals surface area contributed by atoms with Crippen LogP contribution in [-0.4, -0.2) is 0 Å². The van der Waals surface area contributed by atoms with Crippen LogP contribution in [0.5, 0.6) is 0 Å². The van der Waals surface area contributed by atoms with Crippen molar-refractivity contribution in [2.75, 3.05) is 0 Å². The van der Waals surface area contributed by atoms with E-state index in [9.17, 15) is 8.78 Å². The van der Waals surface area contributed by atoms with Crippen LogP contribution in [0, 0.1) is 11.6 Å². The molecule has 0 spiro atoms. The number of hydrogen-bond acceptors (Lipinski definition) is 0. The number of hydrogen-bond donors (Lipinski definition) is 0. The van der Waals surface area contributed by atoms with Gasteiger partial charge in [0.15, 0.2) is 11.6 Å². The van der Waals surface area contributed by atoms with Crippen molar-refractivity contribution in [2.45, 2.75) is 37.4 Å². The van der Waals surface area contributed by atoms with Gasteiger partial charge < -0.3 is 0 Å². The molecule has 0 aromatic heterocycles. The molecule has 21 heavy (non-hydrogen) atoms. The summed E-state index contributed by atoms with van der Waals surface area (Å²) in [4.78, 5) is 0.0911. The largest absolute Gasteiger partial charge is 0.204 e. The van der Waals surface area contributed by atoms with Crippen molar-refractivity contribution in [2.24, 2.45) is 0 Å². The van der Waals surface area contributed by atoms with Crippen LogP contribution in [0.25, 0.3) is 0 Å². The Morgan fingerprint density at radius 2 is 1.57 bits per heavy atom. The first kappa shape index (κ1) is 16.2. The SMILES string of the molecule is CCC(C)c1ccc(C(Br)Cc2ccc(F)c(F)c2)cc1. The Bertz CT molecular complexity index is 593. The highest BCUT2D eigenvalue weighted by atomic mass is 79.9. The molecule has 0 aliphatic heterocycles. The van der Waals surface area contributed by atoms with Crippen LogP contribution in [0.3, 0.4) is 0 Å². The van der Waals surface area contributed by atoms with E-state index in [-0.39, 0.29) is 4.83 Å². The van der Waals surface area contributed by atoms with Gasteiger partial charge in [0.1, 0.15) is 0 Å². The van der Waals surface area contributed by atoms with E-state index in [1.54, 1.807) is 6.07 Å². The molecular weight excluding hydrogens is 334 g/mol. The molecular formula is C18H19BrF2. The lowest BCUT2D eigenvalue weighted by atomic mass is 9.96. The summed E-state index contributed by atoms with van der Waals surface area (Å²) in [5, 5.41) is 0. The van der Waals surface area contributed by atoms with Crippen molar-refractivity contribution in [3.63, 3.8) is 0 Å². The van der Waals surface area contributed by atoms with Gasteiger partial charge in [0.2, 0.25) is 0 Å². The first-order valence-corrected chi connectivity index (χ1v) is 8.10. The third-order valence-electron chi connectivity index (χ3n) is 3.88. The minimum Gasteiger partial charge on any atom is -0.204 e. The van der Waals surface area contributed by atoms with Gasteiger partial charge in [-0.3, -0.25) is 0 Å². The summed E-state index contributed by atoms with van der Waals surface area (Å²) in [6.45, 7) is 4.39. The van der Waals surface area contributed by atoms with Gasteiger partial charge in [0.05, 0.1) is 0 Å². The molecule has 0 fully saturated rings. The van der Waals surface area contributed by atoms with E-state index in [0.717, 1.165) is 17.5 Å². The normalized spacial score (nSPS) is 14.0. The van der Waals surface area contributed by atoms with Crippen LogP contribution >= 0.6 is 15.9 Å². The molecule has 2 rings (SSSR count). The molecule has 112 valence electrons. The van der Waals surface area contributed by atoms with Crippen LogP contribution in [0.15, 0.2) is 42.5 Å². The highest BCUT2D eigenvalue weighted by molar-refractivity contribution is 9.09. The maximum atomic E-state index is 13.2. The van der Waals surface area contributed by atoms with E-state index in [0.29, 0.717) is 12.3 Å². The summed E-state index contributed by atoms with van der Waals surface area (Å²) in [7, 11) is 0. The smallest absolute Gasteiger partial charge is 0.159 e. The molecule has 0 amide bonds. The maximum Gasteiger partial charge on any atom is 0.159 e. The van der Waals surface area contributed by atoms with Crippen molar-refractivity contribution >= 4 is 15.9 Å². The zero-order valence-corrected chi connectivity index (χ0v) is 13.8. The molecule has 0 heterocycles. The fourth-order valence-corrected chi connectivity index (χ4v) is 2.94. The molecule has 0 saturated carbocycles. The van der Waals surface area contributed by atoms with Gasteiger partial charge in [-0.15, -0.1) is 0 Å². The van der Waals surface area contributed by atoms with E-state index in [2.05, 4.69) is 54.0 Å². The van der Waals surface area contributed by atoms with Crippen molar-refractivity contribution in [3.05, 3.63) is 70.8 Å². The van der Waals surface area contributed by atoms with Crippen molar-refractivity contribution in [1.82, 2.24) is 0 Å². The second-order valence-electron chi connectivity index (χ2n) is 5.40. The molecule has 0 radical (unpaired) electrons. The second-order valence-corrected chi connectivity index (χ2v) is 6.50. The number of rotatable bonds is 5. The van der Waals surface area contributed by atoms with Crippen LogP contribution < -0.4 is 0 Å². The summed E-state index contributed by atoms with van der Waals surface area (Å²) in [5.74, 6) is -1.04. The van der Waals surface area contributed by atoms with Crippen molar-refractivity contribution in [3.8, 4) is 0 Å². The summed E-state index contributed by atoms with van der Waals surface area (Å²) >= 11 is 3.63. The topological polar surface area (TPSA) is 0 Å². The standard InChI is InChI=1S/C18H19BrF2/c1-3-12(2)14-5-7-15(8-6-14)16(19)10-13-4-9-17(20)18(21)11-13/h4-9,11-12,16H,3,10H2,1-2H3. The fourth-order valence-electron chi connectivity index (χ4n) is 2.26. The van der Waals surface area contributed by atoms with Crippen LogP contribution in [0.1, 0.15) is 47.7 Å². The van der Waals surface area contributed by atoms with Gasteiger partial charge in [-0.05, 0) is 47.6 Å². The van der Waals surface area contributed by atoms with Gasteiger partial charge >= 0.3 is 0 Å². The molecule has 2 unspecified atom stereocenters. The van der Waals surface area contributed by atoms with Crippen molar-refractivity contribution < 1.29 is 8.78 Å². The molecule has 2 aromatic carbocycles. The van der Waals surface area contributed by atoms with E-state index in [1.807, 2.05) is 0 Å². The Hall–Kier alpha value is -1.22. The van der Waals surface area contributed by atoms with E-state index < -0.39 is 11.6 Å². The van der Waals surface area contributed by atoms with Gasteiger partial charge in [-0.2, -0.15) is 0 Å². The zero-order valence-electron chi connectivity index (χ0n) is 12.2. The Labute approximate surface area is 133 Å². The summed E-state index contributed by atoms with van der Waals surface area (Å²) in [6, 6.07) is 12.5. The Balaban J connectivity index is 2.09. The predicted octanol–water partition coefficient (Wildman–Crippen LogP) is 6.16. The molecule has 2 atom stereocenters. The first-order valence-electron chi connectivity index (χ1n) is 7.19. The molecule has 0 bridgehead atoms. The van der Waals surface area contributed by atoms with E-state index in [1.165, 1.54) is 17.7 Å². The lowest BCUT2D eigenvalue weighted by Crippen LogP contribution is -1.98. The number of alkyl halides is 1. The fraction of sp³-hybridized carbons (Fsp3) is 0.333. The molecule has 3 heteroatoms. The highest BCUT2D eigenvalue weighted by Crippen LogP contribution is 2.29. The third-order valence-corrected chi connectivity index (χ3v) is 4.73. The van der Waals surface area contributed by atoms with E-state index >= 15 is 0 Å². The van der Waals surface area contributed by atoms with Gasteiger partial charge in [-0.1, -0.05) is 60.1 Å². The van der Waals surface area contributed by atoms with E-state index in [4.69, 9.17) is 0 Å². The highest BCUT2D eigenvalue weighted by Gasteiger charge is 2.11. The first-order chi connectivity index (χ1) is 10.0. The molecule has 0 aliphatic carbocycles. The van der Waals surface area contributed by atoms with Gasteiger partial charge in [-0.25, -0.2) is 8.78 Å². The molecule has 0 nitrogen and oxygen atoms in total. The average molecular weight is 353 g/mol. The molecule has 0 saturated heterocycles. The lowest BCUT2D eigenvalue weighted by molar-refractivity contribution is 0.507. The molecule has 2 aromatic rings.